The van der Waals surface area contributed by atoms with Crippen molar-refractivity contribution >= 4 is 25.9 Å². The maximum atomic E-state index is 14.9. The number of esters is 1. The van der Waals surface area contributed by atoms with E-state index in [9.17, 15) is 19.5 Å². The maximum absolute atomic E-state index is 14.9. The fourth-order valence-electron chi connectivity index (χ4n) is 8.42. The van der Waals surface area contributed by atoms with Gasteiger partial charge in [0.2, 0.25) is 8.32 Å². The molecule has 0 aromatic carbocycles. The van der Waals surface area contributed by atoms with Gasteiger partial charge in [0.1, 0.15) is 17.3 Å². The van der Waals surface area contributed by atoms with Gasteiger partial charge in [-0.3, -0.25) is 14.4 Å². The van der Waals surface area contributed by atoms with Gasteiger partial charge in [-0.15, -0.1) is 0 Å². The van der Waals surface area contributed by atoms with Crippen LogP contribution in [-0.4, -0.2) is 50.3 Å². The zero-order valence-electron chi connectivity index (χ0n) is 24.1. The van der Waals surface area contributed by atoms with Crippen molar-refractivity contribution in [3.63, 3.8) is 0 Å². The van der Waals surface area contributed by atoms with E-state index in [0.29, 0.717) is 25.7 Å². The van der Waals surface area contributed by atoms with E-state index in [1.54, 1.807) is 0 Å². The van der Waals surface area contributed by atoms with Gasteiger partial charge >= 0.3 is 5.97 Å². The monoisotopic (exact) mass is 520 g/mol. The van der Waals surface area contributed by atoms with Crippen LogP contribution in [0.25, 0.3) is 0 Å². The zero-order valence-corrected chi connectivity index (χ0v) is 25.1. The van der Waals surface area contributed by atoms with Gasteiger partial charge in [-0.1, -0.05) is 61.0 Å². The smallest absolute Gasteiger partial charge is 0.320 e. The molecule has 0 aromatic heterocycles. The van der Waals surface area contributed by atoms with Crippen LogP contribution in [0.2, 0.25) is 16.6 Å². The van der Waals surface area contributed by atoms with Gasteiger partial charge in [-0.2, -0.15) is 0 Å². The summed E-state index contributed by atoms with van der Waals surface area (Å²) >= 11 is 0. The van der Waals surface area contributed by atoms with Crippen molar-refractivity contribution in [2.75, 3.05) is 7.11 Å². The Morgan fingerprint density at radius 2 is 1.58 bits per heavy atom. The molecule has 3 aliphatic carbocycles. The summed E-state index contributed by atoms with van der Waals surface area (Å²) in [6.07, 6.45) is 0.435. The first kappa shape index (κ1) is 29.2. The molecule has 2 saturated carbocycles. The molecule has 2 unspecified atom stereocenters. The number of aliphatic hydroxyl groups is 1. The molecule has 0 spiro atoms. The van der Waals surface area contributed by atoms with E-state index in [0.717, 1.165) is 11.1 Å². The number of hydrogen-bond acceptors (Lipinski definition) is 6. The number of ether oxygens (including phenoxy) is 1. The largest absolute Gasteiger partial charge is 0.468 e. The first-order valence-electron chi connectivity index (χ1n) is 13.8. The zero-order chi connectivity index (χ0) is 27.4. The van der Waals surface area contributed by atoms with Gasteiger partial charge < -0.3 is 14.3 Å². The second kappa shape index (κ2) is 10.1. The van der Waals surface area contributed by atoms with E-state index < -0.39 is 49.2 Å². The molecule has 0 saturated heterocycles. The Morgan fingerprint density at radius 1 is 1.03 bits per heavy atom. The van der Waals surface area contributed by atoms with Gasteiger partial charge in [-0.05, 0) is 66.6 Å². The van der Waals surface area contributed by atoms with Crippen LogP contribution in [0.5, 0.6) is 0 Å². The Bertz CT molecular complexity index is 910. The van der Waals surface area contributed by atoms with Crippen molar-refractivity contribution < 1.29 is 28.7 Å². The van der Waals surface area contributed by atoms with Crippen molar-refractivity contribution in [2.24, 2.45) is 22.7 Å². The van der Waals surface area contributed by atoms with Crippen LogP contribution in [0.4, 0.5) is 0 Å². The molecular formula is C29H48O6Si. The summed E-state index contributed by atoms with van der Waals surface area (Å²) in [5.74, 6) is -2.76. The second-order valence-electron chi connectivity index (χ2n) is 13.0. The molecule has 6 nitrogen and oxygen atoms in total. The number of rotatable bonds is 6. The lowest BCUT2D eigenvalue weighted by Crippen LogP contribution is -2.65. The van der Waals surface area contributed by atoms with Crippen molar-refractivity contribution in [1.29, 1.82) is 0 Å². The highest BCUT2D eigenvalue weighted by Gasteiger charge is 2.67. The van der Waals surface area contributed by atoms with Crippen molar-refractivity contribution in [1.82, 2.24) is 0 Å². The molecule has 7 heteroatoms. The van der Waals surface area contributed by atoms with E-state index in [-0.39, 0.29) is 34.6 Å². The molecule has 0 radical (unpaired) electrons. The van der Waals surface area contributed by atoms with E-state index in [1.807, 2.05) is 20.8 Å². The Balaban J connectivity index is 2.39. The molecule has 0 heterocycles. The average Bonchev–Trinajstić information content (AvgIpc) is 2.77. The summed E-state index contributed by atoms with van der Waals surface area (Å²) in [6.45, 7) is 19.2. The summed E-state index contributed by atoms with van der Waals surface area (Å²) in [5, 5.41) is 11.2. The lowest BCUT2D eigenvalue weighted by molar-refractivity contribution is -0.180. The van der Waals surface area contributed by atoms with Crippen LogP contribution < -0.4 is 0 Å². The van der Waals surface area contributed by atoms with Crippen LogP contribution in [0, 0.1) is 22.7 Å². The van der Waals surface area contributed by atoms with Gasteiger partial charge in [0.25, 0.3) is 0 Å². The van der Waals surface area contributed by atoms with Gasteiger partial charge in [0.15, 0.2) is 5.78 Å². The van der Waals surface area contributed by atoms with Gasteiger partial charge in [-0.25, -0.2) is 0 Å². The highest BCUT2D eigenvalue weighted by molar-refractivity contribution is 6.77. The summed E-state index contributed by atoms with van der Waals surface area (Å²) in [6, 6.07) is 0. The molecule has 1 N–H and O–H groups in total. The summed E-state index contributed by atoms with van der Waals surface area (Å²) in [7, 11) is -1.30. The summed E-state index contributed by atoms with van der Waals surface area (Å²) in [5.41, 5.74) is 0.322. The van der Waals surface area contributed by atoms with Crippen molar-refractivity contribution in [3.8, 4) is 0 Å². The molecule has 0 aromatic rings. The lowest BCUT2D eigenvalue weighted by atomic mass is 9.50. The van der Waals surface area contributed by atoms with Crippen LogP contribution in [0.15, 0.2) is 11.1 Å². The van der Waals surface area contributed by atoms with Crippen LogP contribution in [0.3, 0.4) is 0 Å². The Kier molecular flexibility index (Phi) is 8.21. The number of methoxy groups -OCH3 is 1. The van der Waals surface area contributed by atoms with E-state index in [2.05, 4.69) is 41.5 Å². The first-order chi connectivity index (χ1) is 16.6. The van der Waals surface area contributed by atoms with Crippen molar-refractivity contribution in [3.05, 3.63) is 11.1 Å². The van der Waals surface area contributed by atoms with E-state index in [4.69, 9.17) is 9.16 Å². The molecule has 2 bridgehead atoms. The number of carbonyl (C=O) groups is 3. The Morgan fingerprint density at radius 3 is 2.08 bits per heavy atom. The SMILES string of the molecule is COC(=O)[C@@]12CCCC(O)[C@H]1C(=O)C1CCC(C)=C([C@H](O[Si](C(C)C)(C(C)C)C(C)C)C2=O)C1(C)C. The highest BCUT2D eigenvalue weighted by atomic mass is 28.4. The number of fused-ring (bicyclic) bond motifs is 3. The fourth-order valence-corrected chi connectivity index (χ4v) is 13.9. The van der Waals surface area contributed by atoms with Crippen molar-refractivity contribution in [2.45, 2.75) is 123 Å². The normalized spacial score (nSPS) is 33.1. The maximum Gasteiger partial charge on any atom is 0.320 e. The standard InChI is InChI=1S/C29H48O6Si/c1-16(2)36(17(3)4,18(5)6)35-25-22-19(7)13-14-20(28(22,8)9)24(31)23-21(30)12-11-15-29(23,26(25)32)27(33)34-10/h16-18,20-21,23,25,30H,11-15H2,1-10H3/t20?,21?,23-,25-,29-/m0/s1. The third-order valence-corrected chi connectivity index (χ3v) is 16.0. The fraction of sp³-hybridized carbons (Fsp3) is 0.828. The number of ketones is 2. The van der Waals surface area contributed by atoms with Crippen LogP contribution >= 0.6 is 0 Å². The van der Waals surface area contributed by atoms with Gasteiger partial charge in [0, 0.05) is 5.92 Å². The third kappa shape index (κ3) is 4.08. The minimum atomic E-state index is -2.57. The predicted octanol–water partition coefficient (Wildman–Crippen LogP) is 5.77. The molecule has 36 heavy (non-hydrogen) atoms. The topological polar surface area (TPSA) is 89.9 Å². The Hall–Kier alpha value is -1.31. The minimum Gasteiger partial charge on any atom is -0.468 e. The van der Waals surface area contributed by atoms with E-state index in [1.165, 1.54) is 7.11 Å². The van der Waals surface area contributed by atoms with Gasteiger partial charge in [0.05, 0.1) is 19.1 Å². The molecule has 5 atom stereocenters. The lowest BCUT2D eigenvalue weighted by Gasteiger charge is -2.55. The summed E-state index contributed by atoms with van der Waals surface area (Å²) < 4.78 is 12.5. The molecule has 204 valence electrons. The van der Waals surface area contributed by atoms with Crippen LogP contribution in [-0.2, 0) is 23.5 Å². The molecule has 3 aliphatic rings. The molecule has 2 fully saturated rings. The number of carbonyl (C=O) groups excluding carboxylic acids is 3. The highest BCUT2D eigenvalue weighted by Crippen LogP contribution is 2.57. The first-order valence-corrected chi connectivity index (χ1v) is 16.0. The molecule has 3 rings (SSSR count). The minimum absolute atomic E-state index is 0.172. The quantitative estimate of drug-likeness (QED) is 0.207. The van der Waals surface area contributed by atoms with Crippen LogP contribution in [0.1, 0.15) is 94.4 Å². The molecular weight excluding hydrogens is 472 g/mol. The van der Waals surface area contributed by atoms with E-state index >= 15 is 0 Å². The average molecular weight is 521 g/mol. The Labute approximate surface area is 218 Å². The number of aliphatic hydroxyl groups excluding tert-OH is 1. The third-order valence-electron chi connectivity index (χ3n) is 9.99. The number of Topliss-reactive ketones (excluding diaryl/α,β-unsaturated/α-hetero) is 2. The molecule has 0 aliphatic heterocycles. The summed E-state index contributed by atoms with van der Waals surface area (Å²) in [4.78, 5) is 42.7. The second-order valence-corrected chi connectivity index (χ2v) is 18.4. The predicted molar refractivity (Wildman–Crippen MR) is 143 cm³/mol. The molecule has 0 amide bonds. The number of hydrogen-bond donors (Lipinski definition) is 1. The number of allylic oxidation sites excluding steroid dienone is 1.